The number of hydrogen-bond donors (Lipinski definition) is 2. The van der Waals surface area contributed by atoms with Gasteiger partial charge < -0.3 is 15.8 Å². The number of carbonyl (C=O) groups excluding carboxylic acids is 1. The largest absolute Gasteiger partial charge is 0.492 e. The number of ether oxygens (including phenoxy) is 1. The molecule has 0 aliphatic heterocycles. The Kier molecular flexibility index (Phi) is 4.48. The van der Waals surface area contributed by atoms with Crippen LogP contribution < -0.4 is 15.8 Å². The smallest absolute Gasteiger partial charge is 0.275 e. The summed E-state index contributed by atoms with van der Waals surface area (Å²) >= 11 is 1.45. The van der Waals surface area contributed by atoms with E-state index in [-0.39, 0.29) is 5.91 Å². The number of carbonyl (C=O) groups is 1. The normalized spacial score (nSPS) is 10.2. The molecule has 1 amide bonds. The van der Waals surface area contributed by atoms with Crippen molar-refractivity contribution in [3.8, 4) is 5.75 Å². The second-order valence-corrected chi connectivity index (χ2v) is 4.93. The summed E-state index contributed by atoms with van der Waals surface area (Å²) in [4.78, 5) is 16.1. The van der Waals surface area contributed by atoms with E-state index < -0.39 is 0 Å². The lowest BCUT2D eigenvalue weighted by Crippen LogP contribution is -2.13. The van der Waals surface area contributed by atoms with Crippen LogP contribution in [-0.2, 0) is 0 Å². The molecule has 1 heterocycles. The Morgan fingerprint density at radius 2 is 2.37 bits per heavy atom. The number of aryl methyl sites for hydroxylation is 1. The number of hydrogen-bond acceptors (Lipinski definition) is 5. The minimum Gasteiger partial charge on any atom is -0.492 e. The van der Waals surface area contributed by atoms with E-state index in [2.05, 4.69) is 10.3 Å². The highest BCUT2D eigenvalue weighted by Crippen LogP contribution is 2.18. The second kappa shape index (κ2) is 6.31. The number of benzene rings is 1. The van der Waals surface area contributed by atoms with Gasteiger partial charge in [-0.3, -0.25) is 4.79 Å². The summed E-state index contributed by atoms with van der Waals surface area (Å²) in [5.74, 6) is 0.457. The summed E-state index contributed by atoms with van der Waals surface area (Å²) in [7, 11) is 0. The van der Waals surface area contributed by atoms with Crippen molar-refractivity contribution in [2.75, 3.05) is 18.5 Å². The third kappa shape index (κ3) is 3.77. The van der Waals surface area contributed by atoms with Gasteiger partial charge in [0.25, 0.3) is 5.91 Å². The minimum absolute atomic E-state index is 0.222. The van der Waals surface area contributed by atoms with Crippen LogP contribution in [0.3, 0.4) is 0 Å². The zero-order chi connectivity index (χ0) is 13.7. The fourth-order valence-corrected chi connectivity index (χ4v) is 2.10. The molecule has 6 heteroatoms. The van der Waals surface area contributed by atoms with Crippen molar-refractivity contribution in [2.24, 2.45) is 5.73 Å². The topological polar surface area (TPSA) is 77.2 Å². The molecule has 0 fully saturated rings. The summed E-state index contributed by atoms with van der Waals surface area (Å²) in [6, 6.07) is 7.19. The zero-order valence-corrected chi connectivity index (χ0v) is 11.4. The summed E-state index contributed by atoms with van der Waals surface area (Å²) in [6.45, 7) is 2.76. The van der Waals surface area contributed by atoms with Crippen LogP contribution in [0.25, 0.3) is 0 Å². The van der Waals surface area contributed by atoms with E-state index in [4.69, 9.17) is 10.5 Å². The molecular formula is C13H15N3O2S. The van der Waals surface area contributed by atoms with Crippen LogP contribution in [0.1, 0.15) is 15.5 Å². The fourth-order valence-electron chi connectivity index (χ4n) is 1.50. The Hall–Kier alpha value is -1.92. The summed E-state index contributed by atoms with van der Waals surface area (Å²) in [6.07, 6.45) is 0. The molecule has 5 nitrogen and oxygen atoms in total. The number of thiazole rings is 1. The average Bonchev–Trinajstić information content (AvgIpc) is 2.83. The molecule has 0 saturated heterocycles. The Morgan fingerprint density at radius 1 is 1.53 bits per heavy atom. The van der Waals surface area contributed by atoms with E-state index in [1.807, 2.05) is 19.1 Å². The van der Waals surface area contributed by atoms with Crippen molar-refractivity contribution in [3.05, 3.63) is 40.3 Å². The first kappa shape index (κ1) is 13.5. The molecule has 0 saturated carbocycles. The molecule has 2 rings (SSSR count). The molecule has 19 heavy (non-hydrogen) atoms. The highest BCUT2D eigenvalue weighted by Gasteiger charge is 2.09. The monoisotopic (exact) mass is 277 g/mol. The molecule has 0 atom stereocenters. The van der Waals surface area contributed by atoms with Gasteiger partial charge in [-0.1, -0.05) is 6.07 Å². The van der Waals surface area contributed by atoms with Crippen LogP contribution in [0.2, 0.25) is 0 Å². The van der Waals surface area contributed by atoms with Gasteiger partial charge in [0.2, 0.25) is 0 Å². The van der Waals surface area contributed by atoms with Crippen molar-refractivity contribution >= 4 is 22.9 Å². The molecule has 2 aromatic rings. The number of rotatable bonds is 5. The molecule has 100 valence electrons. The van der Waals surface area contributed by atoms with Crippen molar-refractivity contribution in [1.82, 2.24) is 4.98 Å². The van der Waals surface area contributed by atoms with Gasteiger partial charge in [0, 0.05) is 23.7 Å². The first-order valence-electron chi connectivity index (χ1n) is 5.85. The van der Waals surface area contributed by atoms with Crippen molar-refractivity contribution in [1.29, 1.82) is 0 Å². The lowest BCUT2D eigenvalue weighted by molar-refractivity contribution is 0.102. The van der Waals surface area contributed by atoms with Crippen LogP contribution >= 0.6 is 11.3 Å². The molecule has 0 spiro atoms. The van der Waals surface area contributed by atoms with E-state index in [0.29, 0.717) is 30.3 Å². The van der Waals surface area contributed by atoms with Crippen LogP contribution in [0.4, 0.5) is 5.69 Å². The lowest BCUT2D eigenvalue weighted by Gasteiger charge is -2.07. The number of amides is 1. The van der Waals surface area contributed by atoms with E-state index in [1.54, 1.807) is 17.5 Å². The van der Waals surface area contributed by atoms with Gasteiger partial charge >= 0.3 is 0 Å². The standard InChI is InChI=1S/C13H15N3O2S/c1-9-15-12(8-19-9)13(17)16-10-3-2-4-11(7-10)18-6-5-14/h2-4,7-8H,5-6,14H2,1H3,(H,16,17). The van der Waals surface area contributed by atoms with E-state index in [1.165, 1.54) is 11.3 Å². The van der Waals surface area contributed by atoms with E-state index >= 15 is 0 Å². The van der Waals surface area contributed by atoms with E-state index in [0.717, 1.165) is 5.01 Å². The SMILES string of the molecule is Cc1nc(C(=O)Nc2cccc(OCCN)c2)cs1. The molecule has 3 N–H and O–H groups in total. The molecule has 1 aromatic heterocycles. The Morgan fingerprint density at radius 3 is 3.05 bits per heavy atom. The van der Waals surface area contributed by atoms with Gasteiger partial charge in [0.05, 0.1) is 5.01 Å². The quantitative estimate of drug-likeness (QED) is 0.876. The highest BCUT2D eigenvalue weighted by molar-refractivity contribution is 7.09. The molecule has 0 aliphatic carbocycles. The summed E-state index contributed by atoms with van der Waals surface area (Å²) in [5.41, 5.74) is 6.47. The fraction of sp³-hybridized carbons (Fsp3) is 0.231. The van der Waals surface area contributed by atoms with Crippen LogP contribution in [0.5, 0.6) is 5.75 Å². The Labute approximate surface area is 115 Å². The molecule has 0 radical (unpaired) electrons. The molecular weight excluding hydrogens is 262 g/mol. The first-order valence-corrected chi connectivity index (χ1v) is 6.73. The van der Waals surface area contributed by atoms with Gasteiger partial charge in [-0.15, -0.1) is 11.3 Å². The third-order valence-corrected chi connectivity index (χ3v) is 3.10. The third-order valence-electron chi connectivity index (χ3n) is 2.33. The molecule has 0 bridgehead atoms. The average molecular weight is 277 g/mol. The summed E-state index contributed by atoms with van der Waals surface area (Å²) in [5, 5.41) is 5.38. The zero-order valence-electron chi connectivity index (χ0n) is 10.6. The van der Waals surface area contributed by atoms with Crippen LogP contribution in [-0.4, -0.2) is 24.0 Å². The van der Waals surface area contributed by atoms with Gasteiger partial charge in [-0.05, 0) is 19.1 Å². The van der Waals surface area contributed by atoms with Crippen LogP contribution in [0, 0.1) is 6.92 Å². The van der Waals surface area contributed by atoms with Gasteiger partial charge in [0.1, 0.15) is 18.1 Å². The maximum atomic E-state index is 11.9. The molecule has 0 aliphatic rings. The van der Waals surface area contributed by atoms with Gasteiger partial charge in [-0.2, -0.15) is 0 Å². The number of aromatic nitrogens is 1. The molecule has 1 aromatic carbocycles. The first-order chi connectivity index (χ1) is 9.19. The van der Waals surface area contributed by atoms with E-state index in [9.17, 15) is 4.79 Å². The predicted octanol–water partition coefficient (Wildman–Crippen LogP) is 2.04. The maximum absolute atomic E-state index is 11.9. The second-order valence-electron chi connectivity index (χ2n) is 3.87. The summed E-state index contributed by atoms with van der Waals surface area (Å²) < 4.78 is 5.40. The number of nitrogens with zero attached hydrogens (tertiary/aromatic N) is 1. The van der Waals surface area contributed by atoms with Gasteiger partial charge in [0.15, 0.2) is 0 Å². The van der Waals surface area contributed by atoms with Crippen LogP contribution in [0.15, 0.2) is 29.6 Å². The predicted molar refractivity (Wildman–Crippen MR) is 75.8 cm³/mol. The minimum atomic E-state index is -0.222. The molecule has 0 unspecified atom stereocenters. The Bertz CT molecular complexity index is 569. The van der Waals surface area contributed by atoms with Gasteiger partial charge in [-0.25, -0.2) is 4.98 Å². The maximum Gasteiger partial charge on any atom is 0.275 e. The Balaban J connectivity index is 2.04. The van der Waals surface area contributed by atoms with Crippen molar-refractivity contribution in [3.63, 3.8) is 0 Å². The van der Waals surface area contributed by atoms with Crippen molar-refractivity contribution < 1.29 is 9.53 Å². The van der Waals surface area contributed by atoms with Crippen molar-refractivity contribution in [2.45, 2.75) is 6.92 Å². The number of nitrogens with two attached hydrogens (primary N) is 1. The lowest BCUT2D eigenvalue weighted by atomic mass is 10.3. The number of nitrogens with one attached hydrogen (secondary N) is 1. The number of anilines is 1. The highest BCUT2D eigenvalue weighted by atomic mass is 32.1.